The van der Waals surface area contributed by atoms with E-state index in [9.17, 15) is 5.26 Å². The smallest absolute Gasteiger partial charge is 0.144 e. The van der Waals surface area contributed by atoms with Gasteiger partial charge >= 0.3 is 0 Å². The van der Waals surface area contributed by atoms with Crippen LogP contribution in [0.1, 0.15) is 27.9 Å². The first kappa shape index (κ1) is 15.0. The highest BCUT2D eigenvalue weighted by Gasteiger charge is 2.08. The van der Waals surface area contributed by atoms with Gasteiger partial charge in [0.2, 0.25) is 0 Å². The predicted molar refractivity (Wildman–Crippen MR) is 82.9 cm³/mol. The highest BCUT2D eigenvalue weighted by atomic mass is 16.5. The fourth-order valence-corrected chi connectivity index (χ4v) is 2.29. The highest BCUT2D eigenvalue weighted by molar-refractivity contribution is 5.56. The zero-order valence-corrected chi connectivity index (χ0v) is 12.6. The van der Waals surface area contributed by atoms with E-state index in [0.717, 1.165) is 22.4 Å². The van der Waals surface area contributed by atoms with Crippen LogP contribution in [0.15, 0.2) is 30.3 Å². The minimum atomic E-state index is 0.596. The van der Waals surface area contributed by atoms with E-state index in [1.807, 2.05) is 38.1 Å². The molecule has 0 aliphatic rings. The molecule has 2 aromatic rings. The van der Waals surface area contributed by atoms with Gasteiger partial charge in [-0.05, 0) is 36.6 Å². The second-order valence-electron chi connectivity index (χ2n) is 5.02. The first-order valence-corrected chi connectivity index (χ1v) is 6.83. The Kier molecular flexibility index (Phi) is 4.91. The summed E-state index contributed by atoms with van der Waals surface area (Å²) in [6.45, 7) is 5.08. The summed E-state index contributed by atoms with van der Waals surface area (Å²) in [6.07, 6.45) is 0. The molecule has 1 aromatic heterocycles. The number of nitrogens with one attached hydrogen (secondary N) is 1. The molecule has 2 rings (SSSR count). The number of hydrogen-bond donors (Lipinski definition) is 1. The minimum absolute atomic E-state index is 0.596. The highest BCUT2D eigenvalue weighted by Crippen LogP contribution is 2.18. The van der Waals surface area contributed by atoms with Crippen molar-refractivity contribution in [3.05, 3.63) is 58.3 Å². The molecule has 0 aliphatic heterocycles. The predicted octanol–water partition coefficient (Wildman–Crippen LogP) is 3.33. The lowest BCUT2D eigenvalue weighted by atomic mass is 10.1. The van der Waals surface area contributed by atoms with E-state index >= 15 is 0 Å². The Bertz CT molecular complexity index is 674. The zero-order valence-electron chi connectivity index (χ0n) is 12.6. The SMILES string of the molecule is COCc1cccc(CNc2nc(C)cc(C)c2C#N)c1. The standard InChI is InChI=1S/C17H19N3O/c1-12-7-13(2)20-17(16(12)9-18)19-10-14-5-4-6-15(8-14)11-21-3/h4-8H,10-11H2,1-3H3,(H,19,20). The molecule has 4 nitrogen and oxygen atoms in total. The summed E-state index contributed by atoms with van der Waals surface area (Å²) in [5.74, 6) is 0.646. The number of nitrogens with zero attached hydrogens (tertiary/aromatic N) is 2. The Morgan fingerprint density at radius 2 is 2.00 bits per heavy atom. The van der Waals surface area contributed by atoms with E-state index in [1.54, 1.807) is 7.11 Å². The molecular weight excluding hydrogens is 262 g/mol. The van der Waals surface area contributed by atoms with Gasteiger partial charge in [-0.15, -0.1) is 0 Å². The third-order valence-corrected chi connectivity index (χ3v) is 3.22. The van der Waals surface area contributed by atoms with Crippen LogP contribution < -0.4 is 5.32 Å². The fourth-order valence-electron chi connectivity index (χ4n) is 2.29. The van der Waals surface area contributed by atoms with Gasteiger partial charge < -0.3 is 10.1 Å². The number of aryl methyl sites for hydroxylation is 2. The summed E-state index contributed by atoms with van der Waals surface area (Å²) in [5.41, 5.74) is 4.72. The van der Waals surface area contributed by atoms with Crippen LogP contribution in [-0.2, 0) is 17.9 Å². The molecule has 1 aromatic carbocycles. The maximum Gasteiger partial charge on any atom is 0.144 e. The number of anilines is 1. The maximum atomic E-state index is 9.25. The van der Waals surface area contributed by atoms with Crippen molar-refractivity contribution in [1.29, 1.82) is 5.26 Å². The number of rotatable bonds is 5. The van der Waals surface area contributed by atoms with Crippen molar-refractivity contribution in [3.63, 3.8) is 0 Å². The molecule has 0 saturated heterocycles. The number of aromatic nitrogens is 1. The third kappa shape index (κ3) is 3.80. The molecule has 4 heteroatoms. The maximum absolute atomic E-state index is 9.25. The quantitative estimate of drug-likeness (QED) is 0.913. The first-order valence-electron chi connectivity index (χ1n) is 6.83. The summed E-state index contributed by atoms with van der Waals surface area (Å²) in [6, 6.07) is 12.3. The van der Waals surface area contributed by atoms with Crippen molar-refractivity contribution in [2.75, 3.05) is 12.4 Å². The van der Waals surface area contributed by atoms with Crippen molar-refractivity contribution in [3.8, 4) is 6.07 Å². The van der Waals surface area contributed by atoms with Gasteiger partial charge in [-0.1, -0.05) is 24.3 Å². The van der Waals surface area contributed by atoms with Crippen LogP contribution in [0.5, 0.6) is 0 Å². The average Bonchev–Trinajstić information content (AvgIpc) is 2.45. The van der Waals surface area contributed by atoms with E-state index in [2.05, 4.69) is 22.4 Å². The molecule has 108 valence electrons. The molecule has 1 N–H and O–H groups in total. The van der Waals surface area contributed by atoms with Crippen LogP contribution in [0.25, 0.3) is 0 Å². The van der Waals surface area contributed by atoms with Gasteiger partial charge in [0.15, 0.2) is 0 Å². The summed E-state index contributed by atoms with van der Waals surface area (Å²) >= 11 is 0. The largest absolute Gasteiger partial charge is 0.380 e. The molecule has 0 unspecified atom stereocenters. The van der Waals surface area contributed by atoms with Gasteiger partial charge in [-0.2, -0.15) is 5.26 Å². The van der Waals surface area contributed by atoms with E-state index in [-0.39, 0.29) is 0 Å². The lowest BCUT2D eigenvalue weighted by Gasteiger charge is -2.11. The number of methoxy groups -OCH3 is 1. The topological polar surface area (TPSA) is 57.9 Å². The molecule has 0 radical (unpaired) electrons. The van der Waals surface area contributed by atoms with Crippen LogP contribution >= 0.6 is 0 Å². The number of pyridine rings is 1. The van der Waals surface area contributed by atoms with Gasteiger partial charge in [0, 0.05) is 19.3 Å². The van der Waals surface area contributed by atoms with Gasteiger partial charge in [-0.25, -0.2) is 4.98 Å². The molecule has 0 aliphatic carbocycles. The van der Waals surface area contributed by atoms with Crippen molar-refractivity contribution in [2.24, 2.45) is 0 Å². The van der Waals surface area contributed by atoms with Crippen LogP contribution in [0.4, 0.5) is 5.82 Å². The molecular formula is C17H19N3O. The molecule has 0 bridgehead atoms. The molecule has 0 amide bonds. The second kappa shape index (κ2) is 6.87. The van der Waals surface area contributed by atoms with Crippen molar-refractivity contribution >= 4 is 5.82 Å². The monoisotopic (exact) mass is 281 g/mol. The van der Waals surface area contributed by atoms with E-state index in [4.69, 9.17) is 4.74 Å². The number of hydrogen-bond acceptors (Lipinski definition) is 4. The lowest BCUT2D eigenvalue weighted by molar-refractivity contribution is 0.185. The second-order valence-corrected chi connectivity index (χ2v) is 5.02. The van der Waals surface area contributed by atoms with E-state index in [1.165, 1.54) is 0 Å². The molecule has 0 saturated carbocycles. The zero-order chi connectivity index (χ0) is 15.2. The van der Waals surface area contributed by atoms with E-state index in [0.29, 0.717) is 24.5 Å². The van der Waals surface area contributed by atoms with Crippen LogP contribution in [-0.4, -0.2) is 12.1 Å². The Balaban J connectivity index is 2.17. The third-order valence-electron chi connectivity index (χ3n) is 3.22. The van der Waals surface area contributed by atoms with Gasteiger partial charge in [-0.3, -0.25) is 0 Å². The Hall–Kier alpha value is -2.38. The molecule has 0 atom stereocenters. The van der Waals surface area contributed by atoms with E-state index < -0.39 is 0 Å². The van der Waals surface area contributed by atoms with Crippen LogP contribution in [0.2, 0.25) is 0 Å². The van der Waals surface area contributed by atoms with Crippen molar-refractivity contribution in [2.45, 2.75) is 27.0 Å². The molecule has 1 heterocycles. The van der Waals surface area contributed by atoms with Gasteiger partial charge in [0.1, 0.15) is 11.9 Å². The normalized spacial score (nSPS) is 10.2. The van der Waals surface area contributed by atoms with Crippen molar-refractivity contribution in [1.82, 2.24) is 4.98 Å². The summed E-state index contributed by atoms with van der Waals surface area (Å²) in [7, 11) is 1.68. The lowest BCUT2D eigenvalue weighted by Crippen LogP contribution is -2.06. The summed E-state index contributed by atoms with van der Waals surface area (Å²) in [5, 5.41) is 12.5. The summed E-state index contributed by atoms with van der Waals surface area (Å²) in [4.78, 5) is 4.42. The van der Waals surface area contributed by atoms with Crippen LogP contribution in [0.3, 0.4) is 0 Å². The molecule has 0 fully saturated rings. The van der Waals surface area contributed by atoms with Crippen molar-refractivity contribution < 1.29 is 4.74 Å². The Morgan fingerprint density at radius 3 is 2.71 bits per heavy atom. The molecule has 21 heavy (non-hydrogen) atoms. The number of benzene rings is 1. The first-order chi connectivity index (χ1) is 10.1. The minimum Gasteiger partial charge on any atom is -0.380 e. The van der Waals surface area contributed by atoms with Crippen LogP contribution in [0, 0.1) is 25.2 Å². The average molecular weight is 281 g/mol. The fraction of sp³-hybridized carbons (Fsp3) is 0.294. The number of nitriles is 1. The van der Waals surface area contributed by atoms with Gasteiger partial charge in [0.05, 0.1) is 12.2 Å². The van der Waals surface area contributed by atoms with Gasteiger partial charge in [0.25, 0.3) is 0 Å². The number of ether oxygens (including phenoxy) is 1. The summed E-state index contributed by atoms with van der Waals surface area (Å²) < 4.78 is 5.14. The Morgan fingerprint density at radius 1 is 1.24 bits per heavy atom. The molecule has 0 spiro atoms. The Labute approximate surface area is 125 Å².